The highest BCUT2D eigenvalue weighted by Crippen LogP contribution is 2.38. The molecule has 30 heavy (non-hydrogen) atoms. The Labute approximate surface area is 180 Å². The standard InChI is InChI=1S/C18H16Cl2F2N6O2/c1-23-16(28-17(24-2)27-12-5-3-9(19)7-11(12)20)25-10-4-6-14-13(8-10)26-15(29)18(21,22)30-14/h3-8,15,26,29H,2H2,1H3,(H2,23,25,27,28). The number of guanidine groups is 2. The first-order chi connectivity index (χ1) is 14.2. The quantitative estimate of drug-likeness (QED) is 0.399. The second kappa shape index (κ2) is 8.82. The van der Waals surface area contributed by atoms with Gasteiger partial charge in [0, 0.05) is 17.8 Å². The molecule has 1 atom stereocenters. The largest absolute Gasteiger partial charge is 0.444 e. The van der Waals surface area contributed by atoms with Crippen molar-refractivity contribution in [1.82, 2.24) is 0 Å². The molecular weight excluding hydrogens is 441 g/mol. The van der Waals surface area contributed by atoms with Crippen molar-refractivity contribution >= 4 is 58.9 Å². The summed E-state index contributed by atoms with van der Waals surface area (Å²) in [4.78, 5) is 12.0. The molecule has 1 aliphatic rings. The minimum atomic E-state index is -3.73. The molecule has 3 rings (SSSR count). The van der Waals surface area contributed by atoms with E-state index >= 15 is 0 Å². The fourth-order valence-corrected chi connectivity index (χ4v) is 2.88. The van der Waals surface area contributed by atoms with Gasteiger partial charge in [0.1, 0.15) is 5.75 Å². The monoisotopic (exact) mass is 456 g/mol. The molecule has 0 aliphatic carbocycles. The van der Waals surface area contributed by atoms with Crippen LogP contribution in [-0.2, 0) is 0 Å². The van der Waals surface area contributed by atoms with Gasteiger partial charge in [-0.3, -0.25) is 4.99 Å². The molecule has 0 radical (unpaired) electrons. The Bertz CT molecular complexity index is 1030. The molecule has 4 N–H and O–H groups in total. The Hall–Kier alpha value is -2.95. The first-order valence-corrected chi connectivity index (χ1v) is 9.14. The van der Waals surface area contributed by atoms with Crippen molar-refractivity contribution in [3.63, 3.8) is 0 Å². The number of aliphatic hydroxyl groups is 1. The van der Waals surface area contributed by atoms with Crippen LogP contribution in [0.1, 0.15) is 0 Å². The number of nitrogens with zero attached hydrogens (tertiary/aromatic N) is 3. The van der Waals surface area contributed by atoms with Crippen LogP contribution in [0, 0.1) is 0 Å². The average Bonchev–Trinajstić information content (AvgIpc) is 2.69. The lowest BCUT2D eigenvalue weighted by Gasteiger charge is -2.31. The van der Waals surface area contributed by atoms with Gasteiger partial charge < -0.3 is 25.8 Å². The predicted molar refractivity (Wildman–Crippen MR) is 116 cm³/mol. The van der Waals surface area contributed by atoms with Gasteiger partial charge in [-0.05, 0) is 43.1 Å². The molecule has 1 heterocycles. The number of hydrogen-bond donors (Lipinski definition) is 4. The topological polar surface area (TPSA) is 103 Å². The molecule has 158 valence electrons. The minimum absolute atomic E-state index is 0.0989. The lowest BCUT2D eigenvalue weighted by Crippen LogP contribution is -2.47. The smallest absolute Gasteiger partial charge is 0.427 e. The number of hydrogen-bond acceptors (Lipinski definition) is 4. The number of ether oxygens (including phenoxy) is 1. The molecule has 0 amide bonds. The van der Waals surface area contributed by atoms with Crippen molar-refractivity contribution in [2.75, 3.05) is 23.0 Å². The lowest BCUT2D eigenvalue weighted by atomic mass is 10.2. The van der Waals surface area contributed by atoms with Gasteiger partial charge in [0.25, 0.3) is 0 Å². The zero-order valence-electron chi connectivity index (χ0n) is 15.5. The number of halogens is 4. The van der Waals surface area contributed by atoms with Gasteiger partial charge in [-0.1, -0.05) is 23.2 Å². The molecule has 0 fully saturated rings. The summed E-state index contributed by atoms with van der Waals surface area (Å²) in [7, 11) is 1.49. The summed E-state index contributed by atoms with van der Waals surface area (Å²) in [6, 6.07) is 9.11. The predicted octanol–water partition coefficient (Wildman–Crippen LogP) is 4.28. The number of anilines is 3. The van der Waals surface area contributed by atoms with Crippen LogP contribution in [0.3, 0.4) is 0 Å². The molecule has 2 aromatic rings. The van der Waals surface area contributed by atoms with Gasteiger partial charge in [0.15, 0.2) is 0 Å². The Morgan fingerprint density at radius 2 is 1.97 bits per heavy atom. The maximum absolute atomic E-state index is 13.4. The highest BCUT2D eigenvalue weighted by molar-refractivity contribution is 6.36. The first-order valence-electron chi connectivity index (χ1n) is 8.38. The fraction of sp³-hybridized carbons (Fsp3) is 0.167. The first kappa shape index (κ1) is 21.8. The third-order valence-corrected chi connectivity index (χ3v) is 4.39. The van der Waals surface area contributed by atoms with Gasteiger partial charge in [0.05, 0.1) is 16.4 Å². The van der Waals surface area contributed by atoms with E-state index in [1.807, 2.05) is 0 Å². The van der Waals surface area contributed by atoms with E-state index in [1.165, 1.54) is 25.2 Å². The van der Waals surface area contributed by atoms with E-state index in [0.29, 0.717) is 21.4 Å². The van der Waals surface area contributed by atoms with Gasteiger partial charge in [0.2, 0.25) is 18.1 Å². The molecule has 1 unspecified atom stereocenters. The number of aliphatic imine (C=N–C) groups is 3. The number of rotatable bonds is 2. The molecule has 0 aromatic heterocycles. The summed E-state index contributed by atoms with van der Waals surface area (Å²) in [5.41, 5.74) is 1.12. The van der Waals surface area contributed by atoms with E-state index < -0.39 is 12.3 Å². The number of nitrogens with one attached hydrogen (secondary N) is 3. The molecule has 8 nitrogen and oxygen atoms in total. The summed E-state index contributed by atoms with van der Waals surface area (Å²) in [6.45, 7) is 3.46. The third kappa shape index (κ3) is 4.96. The van der Waals surface area contributed by atoms with Crippen LogP contribution >= 0.6 is 23.2 Å². The zero-order chi connectivity index (χ0) is 21.9. The summed E-state index contributed by atoms with van der Waals surface area (Å²) in [5.74, 6) is 0.126. The minimum Gasteiger partial charge on any atom is -0.427 e. The van der Waals surface area contributed by atoms with Gasteiger partial charge in [-0.2, -0.15) is 13.8 Å². The number of aliphatic hydroxyl groups excluding tert-OH is 1. The molecule has 12 heteroatoms. The maximum atomic E-state index is 13.4. The summed E-state index contributed by atoms with van der Waals surface area (Å²) >= 11 is 12.0. The van der Waals surface area contributed by atoms with E-state index in [-0.39, 0.29) is 23.4 Å². The Morgan fingerprint density at radius 3 is 2.63 bits per heavy atom. The van der Waals surface area contributed by atoms with Crippen molar-refractivity contribution in [1.29, 1.82) is 0 Å². The third-order valence-electron chi connectivity index (χ3n) is 3.84. The van der Waals surface area contributed by atoms with E-state index in [1.54, 1.807) is 18.2 Å². The van der Waals surface area contributed by atoms with Gasteiger partial charge in [-0.15, -0.1) is 0 Å². The van der Waals surface area contributed by atoms with Crippen molar-refractivity contribution in [3.8, 4) is 5.75 Å². The fourth-order valence-electron chi connectivity index (χ4n) is 2.42. The van der Waals surface area contributed by atoms with Crippen LogP contribution in [-0.4, -0.2) is 43.1 Å². The Morgan fingerprint density at radius 1 is 1.20 bits per heavy atom. The Balaban J connectivity index is 1.78. The van der Waals surface area contributed by atoms with Crippen molar-refractivity contribution in [2.24, 2.45) is 15.0 Å². The number of benzene rings is 2. The van der Waals surface area contributed by atoms with Crippen molar-refractivity contribution < 1.29 is 18.6 Å². The van der Waals surface area contributed by atoms with Gasteiger partial charge >= 0.3 is 6.11 Å². The molecule has 1 aliphatic heterocycles. The highest BCUT2D eigenvalue weighted by atomic mass is 35.5. The van der Waals surface area contributed by atoms with Crippen LogP contribution in [0.4, 0.5) is 25.8 Å². The van der Waals surface area contributed by atoms with Crippen LogP contribution in [0.2, 0.25) is 10.0 Å². The van der Waals surface area contributed by atoms with E-state index in [0.717, 1.165) is 0 Å². The van der Waals surface area contributed by atoms with E-state index in [4.69, 9.17) is 23.2 Å². The van der Waals surface area contributed by atoms with Crippen LogP contribution in [0.25, 0.3) is 0 Å². The summed E-state index contributed by atoms with van der Waals surface area (Å²) in [6.07, 6.45) is -5.91. The number of fused-ring (bicyclic) bond motifs is 1. The molecule has 0 saturated heterocycles. The second-order valence-corrected chi connectivity index (χ2v) is 6.78. The second-order valence-electron chi connectivity index (χ2n) is 5.94. The highest BCUT2D eigenvalue weighted by Gasteiger charge is 2.45. The Kier molecular flexibility index (Phi) is 6.40. The normalized spacial score (nSPS) is 18.0. The summed E-state index contributed by atoms with van der Waals surface area (Å²) in [5, 5.41) is 18.3. The van der Waals surface area contributed by atoms with Gasteiger partial charge in [-0.25, -0.2) is 4.99 Å². The molecule has 2 aromatic carbocycles. The van der Waals surface area contributed by atoms with E-state index in [2.05, 4.69) is 42.4 Å². The summed E-state index contributed by atoms with van der Waals surface area (Å²) < 4.78 is 31.4. The SMILES string of the molecule is C=NC(=NC(=NC)Nc1ccc2c(c1)NC(O)C(F)(F)O2)Nc1ccc(Cl)cc1Cl. The van der Waals surface area contributed by atoms with E-state index in [9.17, 15) is 13.9 Å². The molecule has 0 saturated carbocycles. The number of alkyl halides is 2. The van der Waals surface area contributed by atoms with Crippen LogP contribution < -0.4 is 20.7 Å². The lowest BCUT2D eigenvalue weighted by molar-refractivity contribution is -0.235. The van der Waals surface area contributed by atoms with Crippen LogP contribution in [0.5, 0.6) is 5.75 Å². The zero-order valence-corrected chi connectivity index (χ0v) is 17.0. The van der Waals surface area contributed by atoms with Crippen LogP contribution in [0.15, 0.2) is 51.4 Å². The molecule has 0 bridgehead atoms. The van der Waals surface area contributed by atoms with Crippen molar-refractivity contribution in [3.05, 3.63) is 46.4 Å². The average molecular weight is 457 g/mol. The van der Waals surface area contributed by atoms with Crippen molar-refractivity contribution in [2.45, 2.75) is 12.3 Å². The molecular formula is C18H16Cl2F2N6O2. The maximum Gasteiger partial charge on any atom is 0.444 e. The molecule has 0 spiro atoms.